The lowest BCUT2D eigenvalue weighted by atomic mass is 9.99. The average Bonchev–Trinajstić information content (AvgIpc) is 3.08. The summed E-state index contributed by atoms with van der Waals surface area (Å²) < 4.78 is 120. The van der Waals surface area contributed by atoms with E-state index in [1.165, 1.54) is 97.1 Å². The van der Waals surface area contributed by atoms with Gasteiger partial charge >= 0.3 is 0 Å². The monoisotopic (exact) mass is 788 g/mol. The minimum atomic E-state index is -4.97. The van der Waals surface area contributed by atoms with Crippen LogP contribution in [0.2, 0.25) is 0 Å². The van der Waals surface area contributed by atoms with E-state index in [1.54, 1.807) is 27.7 Å². The molecule has 0 spiro atoms. The van der Waals surface area contributed by atoms with Crippen LogP contribution >= 0.6 is 0 Å². The lowest BCUT2D eigenvalue weighted by molar-refractivity contribution is 0.259. The molecule has 0 saturated heterocycles. The number of rotatable bonds is 17. The van der Waals surface area contributed by atoms with E-state index < -0.39 is 52.2 Å². The van der Waals surface area contributed by atoms with Crippen LogP contribution in [0.3, 0.4) is 0 Å². The Balaban J connectivity index is 2.15. The predicted molar refractivity (Wildman–Crippen MR) is 204 cm³/mol. The van der Waals surface area contributed by atoms with Crippen molar-refractivity contribution < 1.29 is 33.7 Å². The van der Waals surface area contributed by atoms with E-state index in [1.807, 2.05) is 13.8 Å². The summed E-state index contributed by atoms with van der Waals surface area (Å²) in [4.78, 5) is -1.34. The zero-order valence-corrected chi connectivity index (χ0v) is 33.7. The van der Waals surface area contributed by atoms with E-state index in [-0.39, 0.29) is 45.3 Å². The van der Waals surface area contributed by atoms with E-state index in [4.69, 9.17) is 0 Å². The van der Waals surface area contributed by atoms with E-state index >= 15 is 0 Å². The topological polar surface area (TPSA) is 143 Å². The molecular formula is C38H48N2O8S4. The second kappa shape index (κ2) is 16.7. The number of benzene rings is 4. The van der Waals surface area contributed by atoms with Crippen LogP contribution in [-0.4, -0.2) is 53.2 Å². The first kappa shape index (κ1) is 41.4. The summed E-state index contributed by atoms with van der Waals surface area (Å²) in [6, 6.07) is 19.3. The predicted octanol–water partition coefficient (Wildman–Crippen LogP) is 7.50. The molecule has 4 rings (SSSR count). The molecule has 0 N–H and O–H groups in total. The largest absolute Gasteiger partial charge is 0.256 e. The highest BCUT2D eigenvalue weighted by Crippen LogP contribution is 2.38. The number of hydrogen-bond donors (Lipinski definition) is 0. The molecule has 0 unspecified atom stereocenters. The summed E-state index contributed by atoms with van der Waals surface area (Å²) in [7, 11) is -19.9. The molecule has 0 fully saturated rings. The summed E-state index contributed by atoms with van der Waals surface area (Å²) in [6.07, 6.45) is 1.17. The van der Waals surface area contributed by atoms with Gasteiger partial charge in [0.1, 0.15) is 0 Å². The normalized spacial score (nSPS) is 14.1. The Labute approximate surface area is 310 Å². The van der Waals surface area contributed by atoms with E-state index in [9.17, 15) is 33.7 Å². The maximum atomic E-state index is 14.9. The first-order valence-electron chi connectivity index (χ1n) is 17.2. The van der Waals surface area contributed by atoms with Gasteiger partial charge in [-0.25, -0.2) is 33.7 Å². The van der Waals surface area contributed by atoms with E-state index in [0.717, 1.165) is 22.3 Å². The molecule has 4 aromatic rings. The van der Waals surface area contributed by atoms with Gasteiger partial charge in [0.15, 0.2) is 0 Å². The van der Waals surface area contributed by atoms with Gasteiger partial charge in [0, 0.05) is 0 Å². The van der Waals surface area contributed by atoms with Crippen molar-refractivity contribution in [1.29, 1.82) is 0 Å². The molecule has 0 aliphatic rings. The van der Waals surface area contributed by atoms with Crippen molar-refractivity contribution in [3.05, 3.63) is 119 Å². The molecule has 10 nitrogen and oxygen atoms in total. The Morgan fingerprint density at radius 1 is 0.385 bits per heavy atom. The Morgan fingerprint density at radius 3 is 0.750 bits per heavy atom. The molecular weight excluding hydrogens is 741 g/mol. The molecule has 0 bridgehead atoms. The molecule has 0 saturated carbocycles. The second-order valence-corrected chi connectivity index (χ2v) is 20.9. The highest BCUT2D eigenvalue weighted by molar-refractivity contribution is 8.04. The van der Waals surface area contributed by atoms with Gasteiger partial charge in [-0.3, -0.25) is 0 Å². The number of unbranched alkanes of at least 4 members (excludes halogenated alkanes) is 2. The van der Waals surface area contributed by atoms with Crippen molar-refractivity contribution in [3.8, 4) is 0 Å². The van der Waals surface area contributed by atoms with Crippen molar-refractivity contribution >= 4 is 40.1 Å². The third-order valence-electron chi connectivity index (χ3n) is 8.92. The van der Waals surface area contributed by atoms with Crippen LogP contribution in [0.15, 0.2) is 117 Å². The molecule has 0 aromatic heterocycles. The zero-order chi connectivity index (χ0) is 38.5. The van der Waals surface area contributed by atoms with Crippen LogP contribution in [0.25, 0.3) is 0 Å². The van der Waals surface area contributed by atoms with Crippen molar-refractivity contribution in [2.75, 3.05) is 0 Å². The highest BCUT2D eigenvalue weighted by Gasteiger charge is 2.52. The van der Waals surface area contributed by atoms with Crippen LogP contribution in [-0.2, 0) is 40.1 Å². The number of sulfonamides is 4. The molecule has 4 aromatic carbocycles. The molecule has 0 heterocycles. The van der Waals surface area contributed by atoms with Crippen LogP contribution in [0.1, 0.15) is 74.6 Å². The highest BCUT2D eigenvalue weighted by atomic mass is 32.3. The third kappa shape index (κ3) is 8.86. The molecule has 0 amide bonds. The average molecular weight is 789 g/mol. The maximum absolute atomic E-state index is 14.9. The summed E-state index contributed by atoms with van der Waals surface area (Å²) in [5.41, 5.74) is 2.93. The molecule has 0 radical (unpaired) electrons. The van der Waals surface area contributed by atoms with Gasteiger partial charge in [-0.1, -0.05) is 118 Å². The number of nitrogens with zero attached hydrogens (tertiary/aromatic N) is 2. The first-order chi connectivity index (χ1) is 24.4. The third-order valence-corrected chi connectivity index (χ3v) is 17.7. The van der Waals surface area contributed by atoms with Gasteiger partial charge in [-0.2, -0.15) is 0 Å². The molecule has 0 aliphatic heterocycles. The summed E-state index contributed by atoms with van der Waals surface area (Å²) >= 11 is 0. The maximum Gasteiger partial charge on any atom is 0.256 e. The summed E-state index contributed by atoms with van der Waals surface area (Å²) in [5.74, 6) is 0. The number of hydrogen-bond acceptors (Lipinski definition) is 8. The van der Waals surface area contributed by atoms with Crippen LogP contribution in [0.4, 0.5) is 0 Å². The smallest absolute Gasteiger partial charge is 0.206 e. The lowest BCUT2D eigenvalue weighted by Crippen LogP contribution is -2.58. The molecule has 52 heavy (non-hydrogen) atoms. The summed E-state index contributed by atoms with van der Waals surface area (Å²) in [6.45, 7) is 10.7. The van der Waals surface area contributed by atoms with E-state index in [2.05, 4.69) is 0 Å². The van der Waals surface area contributed by atoms with Gasteiger partial charge in [-0.15, -0.1) is 0 Å². The standard InChI is InChI=1S/C38H48N2O8S4/c1-7-9-11-37(39(49(41,42)33-21-13-29(3)14-22-33)50(43,44)34-23-15-30(4)16-24-34)38(12-10-8-2)40(51(45,46)35-25-17-31(5)18-26-35)52(47,48)36-27-19-32(6)20-28-36/h13-28,37-38H,7-12H2,1-6H3/t37-,38+. The van der Waals surface area contributed by atoms with Gasteiger partial charge < -0.3 is 0 Å². The Kier molecular flexibility index (Phi) is 13.3. The van der Waals surface area contributed by atoms with Gasteiger partial charge in [0.25, 0.3) is 40.1 Å². The quantitative estimate of drug-likeness (QED) is 0.107. The van der Waals surface area contributed by atoms with Crippen molar-refractivity contribution in [3.63, 3.8) is 0 Å². The molecule has 14 heteroatoms. The fourth-order valence-electron chi connectivity index (χ4n) is 5.93. The van der Waals surface area contributed by atoms with Crippen LogP contribution in [0, 0.1) is 27.7 Å². The molecule has 0 aliphatic carbocycles. The Bertz CT molecular complexity index is 1940. The number of aryl methyl sites for hydroxylation is 4. The Hall–Kier alpha value is -3.40. The van der Waals surface area contributed by atoms with Crippen molar-refractivity contribution in [1.82, 2.24) is 7.42 Å². The SMILES string of the molecule is CCCC[C@H]([C@H](CCCC)N(S(=O)(=O)c1ccc(C)cc1)S(=O)(=O)c1ccc(C)cc1)N(S(=O)(=O)c1ccc(C)cc1)S(=O)(=O)c1ccc(C)cc1. The van der Waals surface area contributed by atoms with Gasteiger partial charge in [0.2, 0.25) is 0 Å². The Morgan fingerprint density at radius 2 is 0.577 bits per heavy atom. The lowest BCUT2D eigenvalue weighted by Gasteiger charge is -2.40. The first-order valence-corrected chi connectivity index (χ1v) is 23.0. The fraction of sp³-hybridized carbons (Fsp3) is 0.368. The van der Waals surface area contributed by atoms with Gasteiger partial charge in [-0.05, 0) is 89.1 Å². The molecule has 282 valence electrons. The van der Waals surface area contributed by atoms with Gasteiger partial charge in [0.05, 0.1) is 31.7 Å². The summed E-state index contributed by atoms with van der Waals surface area (Å²) in [5, 5.41) is 0. The van der Waals surface area contributed by atoms with Crippen LogP contribution in [0.5, 0.6) is 0 Å². The van der Waals surface area contributed by atoms with E-state index in [0.29, 0.717) is 20.3 Å². The minimum Gasteiger partial charge on any atom is -0.206 e. The zero-order valence-electron chi connectivity index (χ0n) is 30.4. The molecule has 2 atom stereocenters. The fourth-order valence-corrected chi connectivity index (χ4v) is 14.2. The van der Waals surface area contributed by atoms with Crippen molar-refractivity contribution in [2.24, 2.45) is 0 Å². The van der Waals surface area contributed by atoms with Crippen LogP contribution < -0.4 is 0 Å². The van der Waals surface area contributed by atoms with Crippen molar-refractivity contribution in [2.45, 2.75) is 112 Å². The second-order valence-electron chi connectivity index (χ2n) is 13.1. The minimum absolute atomic E-state index is 0.162.